The van der Waals surface area contributed by atoms with Crippen molar-refractivity contribution < 1.29 is 8.42 Å². The first-order valence-electron chi connectivity index (χ1n) is 5.12. The predicted octanol–water partition coefficient (Wildman–Crippen LogP) is 0.825. The zero-order chi connectivity index (χ0) is 12.9. The number of pyridine rings is 1. The van der Waals surface area contributed by atoms with Gasteiger partial charge in [0.1, 0.15) is 0 Å². The average Bonchev–Trinajstić information content (AvgIpc) is 2.24. The van der Waals surface area contributed by atoms with Crippen LogP contribution < -0.4 is 5.32 Å². The van der Waals surface area contributed by atoms with E-state index in [0.29, 0.717) is 13.1 Å². The smallest absolute Gasteiger partial charge is 0.214 e. The van der Waals surface area contributed by atoms with Crippen LogP contribution in [-0.2, 0) is 16.6 Å². The van der Waals surface area contributed by atoms with Gasteiger partial charge in [0.15, 0.2) is 0 Å². The van der Waals surface area contributed by atoms with Crippen LogP contribution in [0.25, 0.3) is 0 Å². The second kappa shape index (κ2) is 6.44. The Bertz CT molecular complexity index is 462. The summed E-state index contributed by atoms with van der Waals surface area (Å²) in [5.41, 5.74) is 1.02. The van der Waals surface area contributed by atoms with E-state index < -0.39 is 10.0 Å². The van der Waals surface area contributed by atoms with E-state index in [9.17, 15) is 8.42 Å². The molecule has 1 N–H and O–H groups in total. The summed E-state index contributed by atoms with van der Waals surface area (Å²) in [6.45, 7) is 1.03. The lowest BCUT2D eigenvalue weighted by molar-refractivity contribution is 0.517. The highest BCUT2D eigenvalue weighted by molar-refractivity contribution is 9.10. The molecule has 0 saturated carbocycles. The van der Waals surface area contributed by atoms with Gasteiger partial charge in [-0.15, -0.1) is 0 Å². The Kier molecular flexibility index (Phi) is 5.51. The van der Waals surface area contributed by atoms with Crippen LogP contribution in [-0.4, -0.2) is 44.1 Å². The molecule has 96 valence electrons. The molecule has 0 aromatic carbocycles. The number of rotatable bonds is 6. The summed E-state index contributed by atoms with van der Waals surface area (Å²) < 4.78 is 25.1. The van der Waals surface area contributed by atoms with Gasteiger partial charge >= 0.3 is 0 Å². The van der Waals surface area contributed by atoms with Crippen LogP contribution in [0.15, 0.2) is 22.9 Å². The molecule has 0 spiro atoms. The summed E-state index contributed by atoms with van der Waals surface area (Å²) in [7, 11) is -0.0443. The molecule has 0 unspecified atom stereocenters. The fourth-order valence-electron chi connectivity index (χ4n) is 1.17. The second-order valence-electron chi connectivity index (χ2n) is 3.79. The maximum absolute atomic E-state index is 11.5. The third kappa shape index (κ3) is 5.12. The van der Waals surface area contributed by atoms with Crippen molar-refractivity contribution in [3.8, 4) is 0 Å². The molecule has 0 atom stereocenters. The molecule has 0 amide bonds. The number of hydrogen-bond donors (Lipinski definition) is 1. The maximum Gasteiger partial charge on any atom is 0.214 e. The predicted molar refractivity (Wildman–Crippen MR) is 71.1 cm³/mol. The van der Waals surface area contributed by atoms with Gasteiger partial charge in [-0.3, -0.25) is 4.98 Å². The van der Waals surface area contributed by atoms with Crippen LogP contribution in [0, 0.1) is 0 Å². The summed E-state index contributed by atoms with van der Waals surface area (Å²) in [4.78, 5) is 4.03. The van der Waals surface area contributed by atoms with E-state index in [1.807, 2.05) is 6.07 Å². The minimum atomic E-state index is -3.11. The summed E-state index contributed by atoms with van der Waals surface area (Å²) in [5, 5.41) is 3.07. The zero-order valence-electron chi connectivity index (χ0n) is 9.85. The molecule has 0 aliphatic carbocycles. The van der Waals surface area contributed by atoms with Gasteiger partial charge in [-0.05, 0) is 27.6 Å². The van der Waals surface area contributed by atoms with E-state index in [-0.39, 0.29) is 5.75 Å². The van der Waals surface area contributed by atoms with E-state index in [0.717, 1.165) is 10.0 Å². The van der Waals surface area contributed by atoms with Crippen LogP contribution in [0.3, 0.4) is 0 Å². The summed E-state index contributed by atoms with van der Waals surface area (Å²) in [6, 6.07) is 1.94. The highest BCUT2D eigenvalue weighted by Gasteiger charge is 2.12. The Morgan fingerprint density at radius 3 is 2.71 bits per heavy atom. The van der Waals surface area contributed by atoms with Crippen LogP contribution in [0.4, 0.5) is 0 Å². The molecular formula is C10H16BrN3O2S. The third-order valence-corrected chi connectivity index (χ3v) is 4.45. The Labute approximate surface area is 110 Å². The van der Waals surface area contributed by atoms with Gasteiger partial charge in [-0.25, -0.2) is 12.7 Å². The van der Waals surface area contributed by atoms with Crippen molar-refractivity contribution in [3.63, 3.8) is 0 Å². The van der Waals surface area contributed by atoms with E-state index >= 15 is 0 Å². The van der Waals surface area contributed by atoms with Crippen LogP contribution in [0.2, 0.25) is 0 Å². The number of nitrogens with one attached hydrogen (secondary N) is 1. The lowest BCUT2D eigenvalue weighted by Gasteiger charge is -2.11. The maximum atomic E-state index is 11.5. The Hall–Kier alpha value is -0.500. The molecule has 0 bridgehead atoms. The highest BCUT2D eigenvalue weighted by Crippen LogP contribution is 2.08. The van der Waals surface area contributed by atoms with Gasteiger partial charge in [-0.1, -0.05) is 0 Å². The number of sulfonamides is 1. The number of nitrogens with zero attached hydrogens (tertiary/aromatic N) is 2. The SMILES string of the molecule is CN(C)S(=O)(=O)CCNCc1cncc(Br)c1. The zero-order valence-corrected chi connectivity index (χ0v) is 12.3. The number of halogens is 1. The van der Waals surface area contributed by atoms with Crippen molar-refractivity contribution in [1.82, 2.24) is 14.6 Å². The minimum absolute atomic E-state index is 0.0986. The molecule has 0 saturated heterocycles. The quantitative estimate of drug-likeness (QED) is 0.788. The van der Waals surface area contributed by atoms with Crippen molar-refractivity contribution >= 4 is 26.0 Å². The first kappa shape index (κ1) is 14.6. The normalized spacial score (nSPS) is 12.0. The van der Waals surface area contributed by atoms with Gasteiger partial charge < -0.3 is 5.32 Å². The third-order valence-electron chi connectivity index (χ3n) is 2.18. The highest BCUT2D eigenvalue weighted by atomic mass is 79.9. The lowest BCUT2D eigenvalue weighted by atomic mass is 10.3. The Morgan fingerprint density at radius 2 is 2.12 bits per heavy atom. The fraction of sp³-hybridized carbons (Fsp3) is 0.500. The summed E-state index contributed by atoms with van der Waals surface area (Å²) >= 11 is 3.33. The largest absolute Gasteiger partial charge is 0.312 e. The van der Waals surface area contributed by atoms with Crippen LogP contribution in [0.5, 0.6) is 0 Å². The van der Waals surface area contributed by atoms with Crippen molar-refractivity contribution in [2.45, 2.75) is 6.54 Å². The van der Waals surface area contributed by atoms with E-state index in [1.165, 1.54) is 18.4 Å². The Balaban J connectivity index is 2.35. The average molecular weight is 322 g/mol. The molecule has 0 radical (unpaired) electrons. The standard InChI is InChI=1S/C10H16BrN3O2S/c1-14(2)17(15,16)4-3-12-6-9-5-10(11)8-13-7-9/h5,7-8,12H,3-4,6H2,1-2H3. The fourth-order valence-corrected chi connectivity index (χ4v) is 2.35. The molecule has 17 heavy (non-hydrogen) atoms. The summed E-state index contributed by atoms with van der Waals surface area (Å²) in [5.74, 6) is 0.0986. The molecule has 0 aliphatic heterocycles. The van der Waals surface area contributed by atoms with Gasteiger partial charge in [0, 0.05) is 44.1 Å². The van der Waals surface area contributed by atoms with Crippen molar-refractivity contribution in [1.29, 1.82) is 0 Å². The molecule has 1 heterocycles. The second-order valence-corrected chi connectivity index (χ2v) is 7.00. The van der Waals surface area contributed by atoms with E-state index in [1.54, 1.807) is 12.4 Å². The van der Waals surface area contributed by atoms with E-state index in [4.69, 9.17) is 0 Å². The molecule has 5 nitrogen and oxygen atoms in total. The molecule has 0 aliphatic rings. The Morgan fingerprint density at radius 1 is 1.41 bits per heavy atom. The van der Waals surface area contributed by atoms with Gasteiger partial charge in [0.25, 0.3) is 0 Å². The van der Waals surface area contributed by atoms with Crippen molar-refractivity contribution in [2.24, 2.45) is 0 Å². The van der Waals surface area contributed by atoms with Crippen LogP contribution >= 0.6 is 15.9 Å². The van der Waals surface area contributed by atoms with Gasteiger partial charge in [-0.2, -0.15) is 0 Å². The van der Waals surface area contributed by atoms with E-state index in [2.05, 4.69) is 26.2 Å². The minimum Gasteiger partial charge on any atom is -0.312 e. The molecular weight excluding hydrogens is 306 g/mol. The topological polar surface area (TPSA) is 62.3 Å². The first-order chi connectivity index (χ1) is 7.92. The first-order valence-corrected chi connectivity index (χ1v) is 7.52. The molecule has 7 heteroatoms. The molecule has 1 rings (SSSR count). The van der Waals surface area contributed by atoms with Crippen LogP contribution in [0.1, 0.15) is 5.56 Å². The monoisotopic (exact) mass is 321 g/mol. The molecule has 1 aromatic heterocycles. The molecule has 0 fully saturated rings. The van der Waals surface area contributed by atoms with Crippen molar-refractivity contribution in [2.75, 3.05) is 26.4 Å². The van der Waals surface area contributed by atoms with Gasteiger partial charge in [0.05, 0.1) is 5.75 Å². The van der Waals surface area contributed by atoms with Gasteiger partial charge in [0.2, 0.25) is 10.0 Å². The summed E-state index contributed by atoms with van der Waals surface area (Å²) in [6.07, 6.45) is 3.46. The number of aromatic nitrogens is 1. The lowest BCUT2D eigenvalue weighted by Crippen LogP contribution is -2.31. The number of hydrogen-bond acceptors (Lipinski definition) is 4. The van der Waals surface area contributed by atoms with Crippen molar-refractivity contribution in [3.05, 3.63) is 28.5 Å². The molecule has 1 aromatic rings.